The van der Waals surface area contributed by atoms with Crippen LogP contribution in [0.4, 0.5) is 0 Å². The number of nitrogens with one attached hydrogen (secondary N) is 1. The van der Waals surface area contributed by atoms with Gasteiger partial charge >= 0.3 is 11.9 Å². The second kappa shape index (κ2) is 6.56. The summed E-state index contributed by atoms with van der Waals surface area (Å²) in [6.45, 7) is 2.10. The Bertz CT molecular complexity index is 271. The van der Waals surface area contributed by atoms with Crippen molar-refractivity contribution in [2.24, 2.45) is 5.41 Å². The summed E-state index contributed by atoms with van der Waals surface area (Å²) in [6.07, 6.45) is 0.453. The van der Waals surface area contributed by atoms with Crippen LogP contribution in [0.2, 0.25) is 0 Å². The van der Waals surface area contributed by atoms with Gasteiger partial charge in [-0.15, -0.1) is 0 Å². The van der Waals surface area contributed by atoms with E-state index in [9.17, 15) is 9.59 Å². The molecule has 1 aliphatic heterocycles. The standard InChI is InChI=1S/C11H19NO5/c1-15-9(13)7-11(10(14)16-2)3-5-17-6-4-12-8-11/h12H,3-8H2,1-2H3/t11-/m1/s1. The third-order valence-corrected chi connectivity index (χ3v) is 2.94. The maximum absolute atomic E-state index is 11.9. The van der Waals surface area contributed by atoms with Crippen molar-refractivity contribution in [3.05, 3.63) is 0 Å². The molecular weight excluding hydrogens is 226 g/mol. The van der Waals surface area contributed by atoms with Crippen LogP contribution in [0.5, 0.6) is 0 Å². The molecule has 1 fully saturated rings. The molecule has 1 aliphatic rings. The summed E-state index contributed by atoms with van der Waals surface area (Å²) in [6, 6.07) is 0. The zero-order chi connectivity index (χ0) is 12.7. The Labute approximate surface area is 101 Å². The second-order valence-electron chi connectivity index (χ2n) is 4.06. The van der Waals surface area contributed by atoms with E-state index in [1.54, 1.807) is 0 Å². The number of carbonyl (C=O) groups excluding carboxylic acids is 2. The molecule has 1 heterocycles. The summed E-state index contributed by atoms with van der Waals surface area (Å²) in [7, 11) is 2.63. The minimum Gasteiger partial charge on any atom is -0.469 e. The van der Waals surface area contributed by atoms with Crippen LogP contribution >= 0.6 is 0 Å². The van der Waals surface area contributed by atoms with Crippen LogP contribution in [0, 0.1) is 5.41 Å². The zero-order valence-corrected chi connectivity index (χ0v) is 10.3. The van der Waals surface area contributed by atoms with E-state index in [1.807, 2.05) is 0 Å². The predicted molar refractivity (Wildman–Crippen MR) is 59.4 cm³/mol. The highest BCUT2D eigenvalue weighted by Gasteiger charge is 2.42. The number of carbonyl (C=O) groups is 2. The first kappa shape index (κ1) is 13.9. The highest BCUT2D eigenvalue weighted by Crippen LogP contribution is 2.29. The first-order valence-electron chi connectivity index (χ1n) is 5.58. The fraction of sp³-hybridized carbons (Fsp3) is 0.818. The number of rotatable bonds is 3. The van der Waals surface area contributed by atoms with Gasteiger partial charge in [-0.2, -0.15) is 0 Å². The van der Waals surface area contributed by atoms with Gasteiger partial charge < -0.3 is 19.5 Å². The van der Waals surface area contributed by atoms with Gasteiger partial charge in [-0.1, -0.05) is 0 Å². The van der Waals surface area contributed by atoms with E-state index in [0.717, 1.165) is 0 Å². The molecule has 0 bridgehead atoms. The van der Waals surface area contributed by atoms with Crippen molar-refractivity contribution in [2.75, 3.05) is 40.5 Å². The monoisotopic (exact) mass is 245 g/mol. The van der Waals surface area contributed by atoms with Crippen molar-refractivity contribution in [3.63, 3.8) is 0 Å². The molecule has 0 radical (unpaired) electrons. The number of hydrogen-bond acceptors (Lipinski definition) is 6. The third-order valence-electron chi connectivity index (χ3n) is 2.94. The molecule has 0 unspecified atom stereocenters. The normalized spacial score (nSPS) is 25.5. The van der Waals surface area contributed by atoms with Gasteiger partial charge in [-0.3, -0.25) is 9.59 Å². The van der Waals surface area contributed by atoms with Gasteiger partial charge in [-0.05, 0) is 6.42 Å². The molecule has 6 nitrogen and oxygen atoms in total. The van der Waals surface area contributed by atoms with Gasteiger partial charge in [0.05, 0.1) is 32.7 Å². The van der Waals surface area contributed by atoms with Crippen molar-refractivity contribution in [3.8, 4) is 0 Å². The van der Waals surface area contributed by atoms with Crippen molar-refractivity contribution in [1.82, 2.24) is 5.32 Å². The van der Waals surface area contributed by atoms with E-state index >= 15 is 0 Å². The number of methoxy groups -OCH3 is 2. The summed E-state index contributed by atoms with van der Waals surface area (Å²) < 4.78 is 14.7. The molecule has 0 aliphatic carbocycles. The summed E-state index contributed by atoms with van der Waals surface area (Å²) in [4.78, 5) is 23.3. The Morgan fingerprint density at radius 1 is 1.29 bits per heavy atom. The molecule has 6 heteroatoms. The number of esters is 2. The maximum atomic E-state index is 11.9. The lowest BCUT2D eigenvalue weighted by molar-refractivity contribution is -0.161. The first-order chi connectivity index (χ1) is 8.14. The average molecular weight is 245 g/mol. The van der Waals surface area contributed by atoms with Crippen LogP contribution < -0.4 is 5.32 Å². The molecule has 1 atom stereocenters. The van der Waals surface area contributed by atoms with Crippen molar-refractivity contribution >= 4 is 11.9 Å². The van der Waals surface area contributed by atoms with E-state index in [1.165, 1.54) is 14.2 Å². The predicted octanol–water partition coefficient (Wildman–Crippen LogP) is -0.281. The number of ether oxygens (including phenoxy) is 3. The van der Waals surface area contributed by atoms with Crippen LogP contribution in [0.15, 0.2) is 0 Å². The largest absolute Gasteiger partial charge is 0.469 e. The third kappa shape index (κ3) is 3.67. The van der Waals surface area contributed by atoms with Crippen molar-refractivity contribution in [1.29, 1.82) is 0 Å². The Morgan fingerprint density at radius 2 is 2.06 bits per heavy atom. The maximum Gasteiger partial charge on any atom is 0.313 e. The molecule has 0 amide bonds. The van der Waals surface area contributed by atoms with E-state index in [0.29, 0.717) is 32.7 Å². The Kier molecular flexibility index (Phi) is 5.37. The summed E-state index contributed by atoms with van der Waals surface area (Å²) in [5.74, 6) is -0.821. The van der Waals surface area contributed by atoms with Gasteiger partial charge in [0.2, 0.25) is 0 Å². The van der Waals surface area contributed by atoms with E-state index in [2.05, 4.69) is 10.1 Å². The summed E-state index contributed by atoms with van der Waals surface area (Å²) in [5.41, 5.74) is -0.887. The first-order valence-corrected chi connectivity index (χ1v) is 5.58. The van der Waals surface area contributed by atoms with Crippen LogP contribution in [0.25, 0.3) is 0 Å². The van der Waals surface area contributed by atoms with E-state index in [4.69, 9.17) is 9.47 Å². The molecule has 0 aromatic rings. The average Bonchev–Trinajstić information content (AvgIpc) is 2.31. The fourth-order valence-corrected chi connectivity index (χ4v) is 1.89. The van der Waals surface area contributed by atoms with Crippen LogP contribution in [-0.4, -0.2) is 52.5 Å². The van der Waals surface area contributed by atoms with Gasteiger partial charge in [-0.25, -0.2) is 0 Å². The lowest BCUT2D eigenvalue weighted by Gasteiger charge is -2.31. The Balaban J connectivity index is 2.81. The second-order valence-corrected chi connectivity index (χ2v) is 4.06. The molecule has 0 aromatic carbocycles. The number of hydrogen-bond donors (Lipinski definition) is 1. The SMILES string of the molecule is COC(=O)C[C@]1(C(=O)OC)CCOCCNC1. The molecule has 1 saturated heterocycles. The van der Waals surface area contributed by atoms with E-state index < -0.39 is 17.4 Å². The van der Waals surface area contributed by atoms with Gasteiger partial charge in [0, 0.05) is 19.7 Å². The lowest BCUT2D eigenvalue weighted by atomic mass is 9.81. The molecule has 0 saturated carbocycles. The minimum absolute atomic E-state index is 0.00648. The van der Waals surface area contributed by atoms with Crippen molar-refractivity contribution in [2.45, 2.75) is 12.8 Å². The molecule has 0 spiro atoms. The molecular formula is C11H19NO5. The van der Waals surface area contributed by atoms with Crippen molar-refractivity contribution < 1.29 is 23.8 Å². The quantitative estimate of drug-likeness (QED) is 0.689. The topological polar surface area (TPSA) is 73.9 Å². The van der Waals surface area contributed by atoms with Gasteiger partial charge in [0.15, 0.2) is 0 Å². The van der Waals surface area contributed by atoms with Gasteiger partial charge in [0.25, 0.3) is 0 Å². The molecule has 98 valence electrons. The summed E-state index contributed by atoms with van der Waals surface area (Å²) >= 11 is 0. The molecule has 0 aromatic heterocycles. The fourth-order valence-electron chi connectivity index (χ4n) is 1.89. The smallest absolute Gasteiger partial charge is 0.313 e. The minimum atomic E-state index is -0.887. The highest BCUT2D eigenvalue weighted by molar-refractivity contribution is 5.83. The van der Waals surface area contributed by atoms with Gasteiger partial charge in [0.1, 0.15) is 0 Å². The summed E-state index contributed by atoms with van der Waals surface area (Å²) in [5, 5.41) is 3.09. The lowest BCUT2D eigenvalue weighted by Crippen LogP contribution is -2.46. The molecule has 1 N–H and O–H groups in total. The Hall–Kier alpha value is -1.14. The van der Waals surface area contributed by atoms with E-state index in [-0.39, 0.29) is 6.42 Å². The van der Waals surface area contributed by atoms with Crippen LogP contribution in [0.3, 0.4) is 0 Å². The van der Waals surface area contributed by atoms with Crippen LogP contribution in [0.1, 0.15) is 12.8 Å². The highest BCUT2D eigenvalue weighted by atomic mass is 16.5. The zero-order valence-electron chi connectivity index (χ0n) is 10.3. The Morgan fingerprint density at radius 3 is 2.71 bits per heavy atom. The van der Waals surface area contributed by atoms with Crippen LogP contribution in [-0.2, 0) is 23.8 Å². The molecule has 17 heavy (non-hydrogen) atoms. The molecule has 1 rings (SSSR count).